The van der Waals surface area contributed by atoms with Crippen LogP contribution >= 0.6 is 22.7 Å². The van der Waals surface area contributed by atoms with Crippen LogP contribution < -0.4 is 5.56 Å². The average Bonchev–Trinajstić information content (AvgIpc) is 3.44. The van der Waals surface area contributed by atoms with Crippen LogP contribution in [0, 0.1) is 0 Å². The molecule has 1 saturated heterocycles. The molecule has 8 heteroatoms. The standard InChI is InChI=1S/C22H20N4O2S2/c27-19-14-17(23-22-26(19)11-13-30-22)15-24-7-9-25(10-8-24)21(28)20-18(6-12-29-20)16-4-2-1-3-5-16/h1-6,11-14H,7-10,15H2. The van der Waals surface area contributed by atoms with E-state index < -0.39 is 0 Å². The molecule has 1 aromatic carbocycles. The van der Waals surface area contributed by atoms with Gasteiger partial charge in [0.1, 0.15) is 0 Å². The maximum absolute atomic E-state index is 13.1. The molecule has 0 bridgehead atoms. The summed E-state index contributed by atoms with van der Waals surface area (Å²) in [5, 5.41) is 3.85. The molecule has 152 valence electrons. The Hall–Kier alpha value is -2.81. The van der Waals surface area contributed by atoms with Crippen LogP contribution in [0.3, 0.4) is 0 Å². The molecule has 0 spiro atoms. The molecule has 0 saturated carbocycles. The number of nitrogens with zero attached hydrogens (tertiary/aromatic N) is 4. The van der Waals surface area contributed by atoms with Crippen molar-refractivity contribution in [1.29, 1.82) is 0 Å². The maximum atomic E-state index is 13.1. The second-order valence-electron chi connectivity index (χ2n) is 7.24. The summed E-state index contributed by atoms with van der Waals surface area (Å²) >= 11 is 2.96. The van der Waals surface area contributed by atoms with Crippen molar-refractivity contribution in [2.45, 2.75) is 6.54 Å². The SMILES string of the molecule is O=C(c1sccc1-c1ccccc1)N1CCN(Cc2cc(=O)n3ccsc3n2)CC1. The first-order valence-corrected chi connectivity index (χ1v) is 11.6. The molecule has 1 fully saturated rings. The van der Waals surface area contributed by atoms with Gasteiger partial charge in [0, 0.05) is 55.9 Å². The fourth-order valence-corrected chi connectivity index (χ4v) is 5.39. The summed E-state index contributed by atoms with van der Waals surface area (Å²) < 4.78 is 1.57. The largest absolute Gasteiger partial charge is 0.335 e. The summed E-state index contributed by atoms with van der Waals surface area (Å²) in [4.78, 5) is 35.6. The topological polar surface area (TPSA) is 57.9 Å². The summed E-state index contributed by atoms with van der Waals surface area (Å²) in [7, 11) is 0. The van der Waals surface area contributed by atoms with Crippen molar-refractivity contribution in [1.82, 2.24) is 19.2 Å². The Morgan fingerprint density at radius 1 is 1.00 bits per heavy atom. The normalized spacial score (nSPS) is 15.0. The summed E-state index contributed by atoms with van der Waals surface area (Å²) in [6.45, 7) is 3.50. The van der Waals surface area contributed by atoms with E-state index in [2.05, 4.69) is 9.88 Å². The minimum Gasteiger partial charge on any atom is -0.335 e. The van der Waals surface area contributed by atoms with Gasteiger partial charge in [-0.25, -0.2) is 4.98 Å². The lowest BCUT2D eigenvalue weighted by Gasteiger charge is -2.34. The van der Waals surface area contributed by atoms with Crippen LogP contribution in [-0.4, -0.2) is 51.3 Å². The Balaban J connectivity index is 1.25. The zero-order valence-electron chi connectivity index (χ0n) is 16.2. The lowest BCUT2D eigenvalue weighted by Crippen LogP contribution is -2.48. The third-order valence-corrected chi connectivity index (χ3v) is 7.00. The number of fused-ring (bicyclic) bond motifs is 1. The van der Waals surface area contributed by atoms with E-state index in [0.717, 1.165) is 39.7 Å². The van der Waals surface area contributed by atoms with E-state index in [9.17, 15) is 9.59 Å². The van der Waals surface area contributed by atoms with Gasteiger partial charge in [0.25, 0.3) is 11.5 Å². The molecule has 30 heavy (non-hydrogen) atoms. The van der Waals surface area contributed by atoms with Crippen LogP contribution in [0.5, 0.6) is 0 Å². The second-order valence-corrected chi connectivity index (χ2v) is 9.03. The molecular formula is C22H20N4O2S2. The van der Waals surface area contributed by atoms with Gasteiger partial charge >= 0.3 is 0 Å². The van der Waals surface area contributed by atoms with Crippen molar-refractivity contribution in [2.24, 2.45) is 0 Å². The Labute approximate surface area is 181 Å². The quantitative estimate of drug-likeness (QED) is 0.492. The highest BCUT2D eigenvalue weighted by molar-refractivity contribution is 7.15. The molecule has 4 aromatic rings. The smallest absolute Gasteiger partial charge is 0.264 e. The van der Waals surface area contributed by atoms with Crippen LogP contribution in [0.15, 0.2) is 64.2 Å². The second kappa shape index (κ2) is 8.14. The zero-order valence-corrected chi connectivity index (χ0v) is 17.9. The number of carbonyl (C=O) groups excluding carboxylic acids is 1. The lowest BCUT2D eigenvalue weighted by atomic mass is 10.1. The number of hydrogen-bond acceptors (Lipinski definition) is 6. The van der Waals surface area contributed by atoms with Crippen LogP contribution in [0.2, 0.25) is 0 Å². The van der Waals surface area contributed by atoms with Crippen molar-refractivity contribution < 1.29 is 4.79 Å². The predicted molar refractivity (Wildman–Crippen MR) is 120 cm³/mol. The molecule has 0 atom stereocenters. The minimum absolute atomic E-state index is 0.0452. The molecule has 1 amide bonds. The van der Waals surface area contributed by atoms with Gasteiger partial charge in [-0.1, -0.05) is 30.3 Å². The molecule has 0 unspecified atom stereocenters. The minimum atomic E-state index is -0.0452. The van der Waals surface area contributed by atoms with Crippen molar-refractivity contribution in [2.75, 3.05) is 26.2 Å². The fraction of sp³-hybridized carbons (Fsp3) is 0.227. The Morgan fingerprint density at radius 2 is 1.80 bits per heavy atom. The van der Waals surface area contributed by atoms with Gasteiger partial charge in [-0.05, 0) is 17.0 Å². The van der Waals surface area contributed by atoms with Gasteiger partial charge in [-0.3, -0.25) is 18.9 Å². The van der Waals surface area contributed by atoms with Crippen LogP contribution in [-0.2, 0) is 6.54 Å². The number of rotatable bonds is 4. The highest BCUT2D eigenvalue weighted by Gasteiger charge is 2.25. The van der Waals surface area contributed by atoms with Gasteiger partial charge in [0.15, 0.2) is 4.96 Å². The molecule has 3 aromatic heterocycles. The molecule has 4 heterocycles. The molecule has 0 radical (unpaired) electrons. The van der Waals surface area contributed by atoms with Crippen molar-refractivity contribution >= 4 is 33.5 Å². The first-order valence-electron chi connectivity index (χ1n) is 9.79. The predicted octanol–water partition coefficient (Wildman–Crippen LogP) is 3.44. The monoisotopic (exact) mass is 436 g/mol. The van der Waals surface area contributed by atoms with E-state index >= 15 is 0 Å². The Bertz CT molecular complexity index is 1240. The molecule has 0 aliphatic carbocycles. The van der Waals surface area contributed by atoms with E-state index in [1.54, 1.807) is 16.7 Å². The van der Waals surface area contributed by atoms with Crippen molar-refractivity contribution in [3.8, 4) is 11.1 Å². The van der Waals surface area contributed by atoms with E-state index in [1.807, 2.05) is 52.1 Å². The number of amides is 1. The van der Waals surface area contributed by atoms with Crippen molar-refractivity contribution in [3.63, 3.8) is 0 Å². The van der Waals surface area contributed by atoms with E-state index in [1.165, 1.54) is 22.7 Å². The molecule has 0 N–H and O–H groups in total. The third kappa shape index (κ3) is 3.69. The van der Waals surface area contributed by atoms with Gasteiger partial charge in [-0.15, -0.1) is 22.7 Å². The number of aromatic nitrogens is 2. The maximum Gasteiger partial charge on any atom is 0.264 e. The molecule has 1 aliphatic rings. The lowest BCUT2D eigenvalue weighted by molar-refractivity contribution is 0.0632. The number of hydrogen-bond donors (Lipinski definition) is 0. The van der Waals surface area contributed by atoms with Gasteiger partial charge in [0.05, 0.1) is 10.6 Å². The highest BCUT2D eigenvalue weighted by atomic mass is 32.1. The van der Waals surface area contributed by atoms with E-state index in [4.69, 9.17) is 0 Å². The number of thiazole rings is 1. The Morgan fingerprint density at radius 3 is 2.60 bits per heavy atom. The number of benzene rings is 1. The molecular weight excluding hydrogens is 416 g/mol. The summed E-state index contributed by atoms with van der Waals surface area (Å²) in [5.41, 5.74) is 2.81. The number of piperazine rings is 1. The number of thiophene rings is 1. The first-order chi connectivity index (χ1) is 14.7. The fourth-order valence-electron chi connectivity index (χ4n) is 3.77. The summed E-state index contributed by atoms with van der Waals surface area (Å²) in [5.74, 6) is 0.0971. The summed E-state index contributed by atoms with van der Waals surface area (Å²) in [6.07, 6.45) is 1.75. The number of carbonyl (C=O) groups is 1. The van der Waals surface area contributed by atoms with Gasteiger partial charge < -0.3 is 4.90 Å². The van der Waals surface area contributed by atoms with E-state index in [-0.39, 0.29) is 11.5 Å². The van der Waals surface area contributed by atoms with Gasteiger partial charge in [-0.2, -0.15) is 0 Å². The third-order valence-electron chi connectivity index (χ3n) is 5.35. The first kappa shape index (κ1) is 19.2. The van der Waals surface area contributed by atoms with Crippen molar-refractivity contribution in [3.05, 3.63) is 80.3 Å². The van der Waals surface area contributed by atoms with E-state index in [0.29, 0.717) is 19.6 Å². The average molecular weight is 437 g/mol. The summed E-state index contributed by atoms with van der Waals surface area (Å²) in [6, 6.07) is 13.7. The van der Waals surface area contributed by atoms with Crippen LogP contribution in [0.25, 0.3) is 16.1 Å². The highest BCUT2D eigenvalue weighted by Crippen LogP contribution is 2.29. The van der Waals surface area contributed by atoms with Gasteiger partial charge in [0.2, 0.25) is 0 Å². The van der Waals surface area contributed by atoms with Crippen LogP contribution in [0.1, 0.15) is 15.4 Å². The zero-order chi connectivity index (χ0) is 20.5. The van der Waals surface area contributed by atoms with Crippen LogP contribution in [0.4, 0.5) is 0 Å². The molecule has 5 rings (SSSR count). The molecule has 6 nitrogen and oxygen atoms in total. The Kier molecular flexibility index (Phi) is 5.20. The molecule has 1 aliphatic heterocycles.